The van der Waals surface area contributed by atoms with Crippen molar-refractivity contribution in [3.8, 4) is 84.7 Å². The van der Waals surface area contributed by atoms with E-state index in [4.69, 9.17) is 15.0 Å². The molecule has 1 aliphatic carbocycles. The Kier molecular flexibility index (Phi) is 6.48. The first kappa shape index (κ1) is 27.6. The molecule has 7 aromatic carbocycles. The fourth-order valence-corrected chi connectivity index (χ4v) is 6.83. The normalized spacial score (nSPS) is 11.3. The van der Waals surface area contributed by atoms with Gasteiger partial charge in [-0.1, -0.05) is 140 Å². The predicted molar refractivity (Wildman–Crippen MR) is 194 cm³/mol. The summed E-state index contributed by atoms with van der Waals surface area (Å²) in [4.78, 5) is 15.2. The maximum absolute atomic E-state index is 9.24. The molecule has 0 N–H and O–H groups in total. The van der Waals surface area contributed by atoms with E-state index >= 15 is 0 Å². The topological polar surface area (TPSA) is 62.5 Å². The van der Waals surface area contributed by atoms with Gasteiger partial charge in [0, 0.05) is 22.1 Å². The highest BCUT2D eigenvalue weighted by molar-refractivity contribution is 6.22. The SMILES string of the molecule is N#Cc1ccc(-c2ccc(-c3ccc4c5c(ccc(-c6nc(-c7ccccc7)nc(-c7ccccc7)n6)c35)-c3ccccc3-4)cc2)cc1. The second-order valence-electron chi connectivity index (χ2n) is 11.9. The van der Waals surface area contributed by atoms with Gasteiger partial charge in [0.15, 0.2) is 17.5 Å². The lowest BCUT2D eigenvalue weighted by Crippen LogP contribution is -2.01. The number of hydrogen-bond acceptors (Lipinski definition) is 4. The second-order valence-corrected chi connectivity index (χ2v) is 11.9. The minimum Gasteiger partial charge on any atom is -0.208 e. The lowest BCUT2D eigenvalue weighted by atomic mass is 9.90. The molecule has 0 amide bonds. The molecule has 1 aliphatic rings. The minimum atomic E-state index is 0.637. The first-order chi connectivity index (χ1) is 23.7. The van der Waals surface area contributed by atoms with E-state index in [0.29, 0.717) is 23.0 Å². The van der Waals surface area contributed by atoms with Crippen LogP contribution in [0.5, 0.6) is 0 Å². The molecule has 1 heterocycles. The lowest BCUT2D eigenvalue weighted by Gasteiger charge is -2.15. The Morgan fingerprint density at radius 1 is 0.312 bits per heavy atom. The molecule has 48 heavy (non-hydrogen) atoms. The van der Waals surface area contributed by atoms with Crippen molar-refractivity contribution in [2.75, 3.05) is 0 Å². The van der Waals surface area contributed by atoms with Gasteiger partial charge in [-0.2, -0.15) is 5.26 Å². The summed E-state index contributed by atoms with van der Waals surface area (Å²) in [6.45, 7) is 0. The molecule has 0 aliphatic heterocycles. The van der Waals surface area contributed by atoms with Crippen LogP contribution in [0.3, 0.4) is 0 Å². The molecular weight excluding hydrogens is 585 g/mol. The molecule has 222 valence electrons. The van der Waals surface area contributed by atoms with Gasteiger partial charge in [-0.15, -0.1) is 0 Å². The fraction of sp³-hybridized carbons (Fsp3) is 0. The Morgan fingerprint density at radius 3 is 1.27 bits per heavy atom. The standard InChI is InChI=1S/C44H26N4/c45-27-28-15-17-29(18-16-28)30-19-21-31(22-20-30)34-23-24-37-35-13-7-8-14-36(35)38-25-26-39(40(34)41(37)38)44-47-42(32-9-3-1-4-10-32)46-43(48-44)33-11-5-2-6-12-33/h1-26H. The molecular formula is C44H26N4. The monoisotopic (exact) mass is 610 g/mol. The third kappa shape index (κ3) is 4.57. The third-order valence-electron chi connectivity index (χ3n) is 9.15. The Bertz CT molecular complexity index is 2440. The van der Waals surface area contributed by atoms with E-state index in [1.807, 2.05) is 84.9 Å². The molecule has 0 radical (unpaired) electrons. The molecule has 0 saturated heterocycles. The van der Waals surface area contributed by atoms with Crippen molar-refractivity contribution in [3.05, 3.63) is 163 Å². The van der Waals surface area contributed by atoms with Crippen molar-refractivity contribution >= 4 is 10.8 Å². The Morgan fingerprint density at radius 2 is 0.729 bits per heavy atom. The third-order valence-corrected chi connectivity index (χ3v) is 9.15. The number of nitrogens with zero attached hydrogens (tertiary/aromatic N) is 4. The van der Waals surface area contributed by atoms with Crippen LogP contribution in [0.4, 0.5) is 0 Å². The first-order valence-corrected chi connectivity index (χ1v) is 15.9. The van der Waals surface area contributed by atoms with Gasteiger partial charge in [-0.05, 0) is 68.1 Å². The van der Waals surface area contributed by atoms with Crippen LogP contribution in [0, 0.1) is 11.3 Å². The largest absolute Gasteiger partial charge is 0.208 e. The van der Waals surface area contributed by atoms with Crippen LogP contribution in [0.15, 0.2) is 158 Å². The predicted octanol–water partition coefficient (Wildman–Crippen LogP) is 10.9. The van der Waals surface area contributed by atoms with Gasteiger partial charge in [-0.3, -0.25) is 0 Å². The molecule has 0 fully saturated rings. The number of nitriles is 1. The average molecular weight is 611 g/mol. The molecule has 0 spiro atoms. The quantitative estimate of drug-likeness (QED) is 0.194. The van der Waals surface area contributed by atoms with Crippen LogP contribution in [0.25, 0.3) is 89.4 Å². The molecule has 8 aromatic rings. The maximum Gasteiger partial charge on any atom is 0.164 e. The molecule has 0 atom stereocenters. The Labute approximate surface area is 278 Å². The van der Waals surface area contributed by atoms with Gasteiger partial charge >= 0.3 is 0 Å². The van der Waals surface area contributed by atoms with Crippen LogP contribution in [0.2, 0.25) is 0 Å². The van der Waals surface area contributed by atoms with Crippen LogP contribution >= 0.6 is 0 Å². The summed E-state index contributed by atoms with van der Waals surface area (Å²) in [6.07, 6.45) is 0. The number of hydrogen-bond donors (Lipinski definition) is 0. The van der Waals surface area contributed by atoms with Crippen molar-refractivity contribution in [2.45, 2.75) is 0 Å². The van der Waals surface area contributed by atoms with Gasteiger partial charge in [0.2, 0.25) is 0 Å². The number of rotatable bonds is 5. The van der Waals surface area contributed by atoms with E-state index in [-0.39, 0.29) is 0 Å². The number of aromatic nitrogens is 3. The van der Waals surface area contributed by atoms with Crippen LogP contribution in [-0.2, 0) is 0 Å². The molecule has 1 aromatic heterocycles. The van der Waals surface area contributed by atoms with Crippen molar-refractivity contribution in [1.82, 2.24) is 15.0 Å². The average Bonchev–Trinajstić information content (AvgIpc) is 3.50. The van der Waals surface area contributed by atoms with E-state index in [1.54, 1.807) is 0 Å². The maximum atomic E-state index is 9.24. The second kappa shape index (κ2) is 11.3. The highest BCUT2D eigenvalue weighted by Crippen LogP contribution is 2.51. The van der Waals surface area contributed by atoms with Crippen molar-refractivity contribution in [2.24, 2.45) is 0 Å². The van der Waals surface area contributed by atoms with Gasteiger partial charge < -0.3 is 0 Å². The summed E-state index contributed by atoms with van der Waals surface area (Å²) in [5.74, 6) is 1.91. The van der Waals surface area contributed by atoms with Gasteiger partial charge in [0.1, 0.15) is 0 Å². The Balaban J connectivity index is 1.29. The highest BCUT2D eigenvalue weighted by atomic mass is 15.0. The van der Waals surface area contributed by atoms with Crippen molar-refractivity contribution < 1.29 is 0 Å². The summed E-state index contributed by atoms with van der Waals surface area (Å²) in [6, 6.07) is 56.3. The molecule has 0 unspecified atom stereocenters. The van der Waals surface area contributed by atoms with E-state index in [9.17, 15) is 5.26 Å². The zero-order valence-electron chi connectivity index (χ0n) is 25.8. The van der Waals surface area contributed by atoms with Gasteiger partial charge in [0.05, 0.1) is 11.6 Å². The Hall–Kier alpha value is -6.70. The zero-order valence-corrected chi connectivity index (χ0v) is 25.8. The van der Waals surface area contributed by atoms with Crippen LogP contribution in [0.1, 0.15) is 5.56 Å². The summed E-state index contributed by atoms with van der Waals surface area (Å²) >= 11 is 0. The van der Waals surface area contributed by atoms with Crippen LogP contribution < -0.4 is 0 Å². The van der Waals surface area contributed by atoms with Crippen LogP contribution in [-0.4, -0.2) is 15.0 Å². The first-order valence-electron chi connectivity index (χ1n) is 15.9. The van der Waals surface area contributed by atoms with Gasteiger partial charge in [0.25, 0.3) is 0 Å². The smallest absolute Gasteiger partial charge is 0.164 e. The summed E-state index contributed by atoms with van der Waals surface area (Å²) in [5.41, 5.74) is 12.8. The van der Waals surface area contributed by atoms with E-state index < -0.39 is 0 Å². The highest BCUT2D eigenvalue weighted by Gasteiger charge is 2.26. The molecule has 9 rings (SSSR count). The molecule has 0 saturated carbocycles. The number of benzene rings is 7. The van der Waals surface area contributed by atoms with Crippen molar-refractivity contribution in [3.63, 3.8) is 0 Å². The fourth-order valence-electron chi connectivity index (χ4n) is 6.83. The van der Waals surface area contributed by atoms with Gasteiger partial charge in [-0.25, -0.2) is 15.0 Å². The molecule has 0 bridgehead atoms. The number of fused-ring (bicyclic) bond motifs is 3. The van der Waals surface area contributed by atoms with Crippen molar-refractivity contribution in [1.29, 1.82) is 5.26 Å². The summed E-state index contributed by atoms with van der Waals surface area (Å²) in [5, 5.41) is 11.6. The zero-order chi connectivity index (χ0) is 32.0. The van der Waals surface area contributed by atoms with E-state index in [1.165, 1.54) is 27.6 Å². The molecule has 4 nitrogen and oxygen atoms in total. The summed E-state index contributed by atoms with van der Waals surface area (Å²) in [7, 11) is 0. The minimum absolute atomic E-state index is 0.637. The molecule has 4 heteroatoms. The van der Waals surface area contributed by atoms with E-state index in [0.717, 1.165) is 44.3 Å². The summed E-state index contributed by atoms with van der Waals surface area (Å²) < 4.78 is 0. The van der Waals surface area contributed by atoms with E-state index in [2.05, 4.69) is 78.9 Å². The lowest BCUT2D eigenvalue weighted by molar-refractivity contribution is 1.08.